The van der Waals surface area contributed by atoms with Crippen LogP contribution in [-0.4, -0.2) is 75.2 Å². The molecule has 9 heteroatoms. The van der Waals surface area contributed by atoms with Crippen LogP contribution in [0.2, 0.25) is 0 Å². The predicted molar refractivity (Wildman–Crippen MR) is 147 cm³/mol. The summed E-state index contributed by atoms with van der Waals surface area (Å²) in [6.07, 6.45) is 3.87. The molecule has 0 radical (unpaired) electrons. The number of ether oxygens (including phenoxy) is 2. The largest absolute Gasteiger partial charge is 0.493 e. The molecule has 0 aliphatic carbocycles. The molecule has 0 unspecified atom stereocenters. The summed E-state index contributed by atoms with van der Waals surface area (Å²) in [5, 5.41) is 3.07. The van der Waals surface area contributed by atoms with Gasteiger partial charge in [-0.25, -0.2) is 0 Å². The van der Waals surface area contributed by atoms with Crippen molar-refractivity contribution in [1.29, 1.82) is 0 Å². The number of hydrogen-bond donors (Lipinski definition) is 1. The summed E-state index contributed by atoms with van der Waals surface area (Å²) in [5.74, 6) is 1.46. The summed E-state index contributed by atoms with van der Waals surface area (Å²) in [5.41, 5.74) is 1.02. The topological polar surface area (TPSA) is 54.0 Å². The second kappa shape index (κ2) is 16.2. The third-order valence-corrected chi connectivity index (χ3v) is 7.13. The first-order valence-corrected chi connectivity index (χ1v) is 12.6. The minimum Gasteiger partial charge on any atom is -0.493 e. The first kappa shape index (κ1) is 30.5. The van der Waals surface area contributed by atoms with Gasteiger partial charge in [-0.15, -0.1) is 36.2 Å². The van der Waals surface area contributed by atoms with E-state index in [4.69, 9.17) is 9.47 Å². The Kier molecular flexibility index (Phi) is 14.6. The Bertz CT molecular complexity index is 856. The summed E-state index contributed by atoms with van der Waals surface area (Å²) in [7, 11) is 1.66. The van der Waals surface area contributed by atoms with Crippen molar-refractivity contribution in [1.82, 2.24) is 15.1 Å². The number of carbonyl (C=O) groups excluding carboxylic acids is 1. The highest BCUT2D eigenvalue weighted by Gasteiger charge is 2.14. The lowest BCUT2D eigenvalue weighted by Crippen LogP contribution is -2.37. The van der Waals surface area contributed by atoms with E-state index in [-0.39, 0.29) is 30.7 Å². The van der Waals surface area contributed by atoms with Gasteiger partial charge in [-0.05, 0) is 74.9 Å². The van der Waals surface area contributed by atoms with Crippen molar-refractivity contribution in [2.75, 3.05) is 59.5 Å². The number of halogens is 2. The highest BCUT2D eigenvalue weighted by Crippen LogP contribution is 2.35. The summed E-state index contributed by atoms with van der Waals surface area (Å²) in [4.78, 5) is 19.1. The Hall–Kier alpha value is -1.51. The van der Waals surface area contributed by atoms with E-state index in [1.54, 1.807) is 7.11 Å². The van der Waals surface area contributed by atoms with Crippen LogP contribution in [0.25, 0.3) is 10.4 Å². The van der Waals surface area contributed by atoms with Gasteiger partial charge in [0.1, 0.15) is 6.61 Å². The van der Waals surface area contributed by atoms with Gasteiger partial charge >= 0.3 is 0 Å². The average molecular weight is 533 g/mol. The SMILES string of the molecule is CCN(CC)CCOc1ccc(-c2ccc(C(=O)NCCN3CCCCC3)s2)cc1OC.Cl.Cl. The van der Waals surface area contributed by atoms with Crippen LogP contribution in [0.5, 0.6) is 11.5 Å². The second-order valence-corrected chi connectivity index (χ2v) is 9.15. The van der Waals surface area contributed by atoms with Crippen molar-refractivity contribution < 1.29 is 14.3 Å². The molecule has 6 nitrogen and oxygen atoms in total. The molecule has 1 N–H and O–H groups in total. The third-order valence-electron chi connectivity index (χ3n) is 6.00. The zero-order valence-corrected chi connectivity index (χ0v) is 23.0. The van der Waals surface area contributed by atoms with E-state index in [9.17, 15) is 4.79 Å². The fourth-order valence-corrected chi connectivity index (χ4v) is 4.90. The van der Waals surface area contributed by atoms with E-state index in [0.717, 1.165) is 60.3 Å². The molecule has 1 aromatic carbocycles. The molecule has 1 fully saturated rings. The van der Waals surface area contributed by atoms with Gasteiger partial charge in [-0.1, -0.05) is 20.3 Å². The molecule has 1 aliphatic rings. The number of rotatable bonds is 12. The number of nitrogens with zero attached hydrogens (tertiary/aromatic N) is 2. The maximum atomic E-state index is 12.6. The van der Waals surface area contributed by atoms with E-state index in [1.165, 1.54) is 30.6 Å². The van der Waals surface area contributed by atoms with Gasteiger partial charge in [0.25, 0.3) is 5.91 Å². The Morgan fingerprint density at radius 2 is 1.79 bits per heavy atom. The number of thiophene rings is 1. The van der Waals surface area contributed by atoms with E-state index in [1.807, 2.05) is 30.3 Å². The Balaban J connectivity index is 0.00000289. The summed E-state index contributed by atoms with van der Waals surface area (Å²) >= 11 is 1.50. The summed E-state index contributed by atoms with van der Waals surface area (Å²) in [6, 6.07) is 9.86. The van der Waals surface area contributed by atoms with Crippen molar-refractivity contribution in [2.45, 2.75) is 33.1 Å². The van der Waals surface area contributed by atoms with Crippen molar-refractivity contribution >= 4 is 42.1 Å². The smallest absolute Gasteiger partial charge is 0.261 e. The quantitative estimate of drug-likeness (QED) is 0.407. The number of piperidine rings is 1. The minimum atomic E-state index is 0. The molecule has 1 aliphatic heterocycles. The number of amides is 1. The van der Waals surface area contributed by atoms with Gasteiger partial charge in [0.2, 0.25) is 0 Å². The number of likely N-dealkylation sites (N-methyl/N-ethyl adjacent to an activating group) is 1. The van der Waals surface area contributed by atoms with Crippen LogP contribution in [0, 0.1) is 0 Å². The maximum Gasteiger partial charge on any atom is 0.261 e. The van der Waals surface area contributed by atoms with Crippen LogP contribution in [-0.2, 0) is 0 Å². The molecular formula is C25H39Cl2N3O3S. The molecule has 0 atom stereocenters. The van der Waals surface area contributed by atoms with E-state index < -0.39 is 0 Å². The number of benzene rings is 1. The Morgan fingerprint density at radius 1 is 1.06 bits per heavy atom. The van der Waals surface area contributed by atoms with Gasteiger partial charge in [0, 0.05) is 24.5 Å². The van der Waals surface area contributed by atoms with Gasteiger partial charge in [0.15, 0.2) is 11.5 Å². The summed E-state index contributed by atoms with van der Waals surface area (Å²) in [6.45, 7) is 11.8. The number of likely N-dealkylation sites (tertiary alicyclic amines) is 1. The summed E-state index contributed by atoms with van der Waals surface area (Å²) < 4.78 is 11.5. The second-order valence-electron chi connectivity index (χ2n) is 8.06. The van der Waals surface area contributed by atoms with Gasteiger partial charge in [0.05, 0.1) is 12.0 Å². The number of nitrogens with one attached hydrogen (secondary N) is 1. The fourth-order valence-electron chi connectivity index (χ4n) is 3.98. The van der Waals surface area contributed by atoms with Crippen LogP contribution in [0.4, 0.5) is 0 Å². The molecule has 2 aromatic rings. The number of methoxy groups -OCH3 is 1. The van der Waals surface area contributed by atoms with Crippen molar-refractivity contribution in [3.63, 3.8) is 0 Å². The first-order valence-electron chi connectivity index (χ1n) is 11.8. The molecule has 0 saturated carbocycles. The average Bonchev–Trinajstić information content (AvgIpc) is 3.33. The lowest BCUT2D eigenvalue weighted by Gasteiger charge is -2.26. The van der Waals surface area contributed by atoms with Crippen molar-refractivity contribution in [2.24, 2.45) is 0 Å². The molecule has 0 spiro atoms. The molecule has 1 aromatic heterocycles. The lowest BCUT2D eigenvalue weighted by atomic mass is 10.1. The van der Waals surface area contributed by atoms with Crippen molar-refractivity contribution in [3.8, 4) is 21.9 Å². The normalized spacial score (nSPS) is 13.6. The number of hydrogen-bond acceptors (Lipinski definition) is 6. The highest BCUT2D eigenvalue weighted by atomic mass is 35.5. The zero-order chi connectivity index (χ0) is 22.8. The zero-order valence-electron chi connectivity index (χ0n) is 20.5. The van der Waals surface area contributed by atoms with E-state index >= 15 is 0 Å². The third kappa shape index (κ3) is 8.93. The van der Waals surface area contributed by atoms with Crippen LogP contribution in [0.1, 0.15) is 42.8 Å². The minimum absolute atomic E-state index is 0. The Morgan fingerprint density at radius 3 is 2.47 bits per heavy atom. The Labute approximate surface area is 220 Å². The van der Waals surface area contributed by atoms with E-state index in [0.29, 0.717) is 18.9 Å². The highest BCUT2D eigenvalue weighted by molar-refractivity contribution is 7.17. The van der Waals surface area contributed by atoms with Gasteiger partial charge in [-0.3, -0.25) is 4.79 Å². The molecule has 1 amide bonds. The van der Waals surface area contributed by atoms with Crippen LogP contribution in [0.15, 0.2) is 30.3 Å². The van der Waals surface area contributed by atoms with Crippen LogP contribution >= 0.6 is 36.2 Å². The van der Waals surface area contributed by atoms with Gasteiger partial charge in [-0.2, -0.15) is 0 Å². The predicted octanol–water partition coefficient (Wildman–Crippen LogP) is 5.20. The monoisotopic (exact) mass is 531 g/mol. The molecule has 192 valence electrons. The van der Waals surface area contributed by atoms with Crippen LogP contribution < -0.4 is 14.8 Å². The molecule has 3 rings (SSSR count). The molecule has 0 bridgehead atoms. The first-order chi connectivity index (χ1) is 15.6. The molecular weight excluding hydrogens is 493 g/mol. The number of carbonyl (C=O) groups is 1. The standard InChI is InChI=1S/C25H37N3O3S.2ClH/c1-4-27(5-2)17-18-31-21-10-9-20(19-22(21)30-3)23-11-12-24(32-23)25(29)26-13-16-28-14-7-6-8-15-28;;/h9-12,19H,4-8,13-18H2,1-3H3,(H,26,29);2*1H. The van der Waals surface area contributed by atoms with E-state index in [2.05, 4.69) is 29.0 Å². The van der Waals surface area contributed by atoms with Crippen LogP contribution in [0.3, 0.4) is 0 Å². The lowest BCUT2D eigenvalue weighted by molar-refractivity contribution is 0.0950. The maximum absolute atomic E-state index is 12.6. The molecule has 1 saturated heterocycles. The molecule has 2 heterocycles. The fraction of sp³-hybridized carbons (Fsp3) is 0.560. The van der Waals surface area contributed by atoms with Gasteiger partial charge < -0.3 is 24.6 Å². The van der Waals surface area contributed by atoms with Crippen molar-refractivity contribution in [3.05, 3.63) is 35.2 Å². The molecule has 34 heavy (non-hydrogen) atoms.